The van der Waals surface area contributed by atoms with Crippen molar-refractivity contribution in [2.45, 2.75) is 65.0 Å². The van der Waals surface area contributed by atoms with Crippen LogP contribution in [-0.2, 0) is 4.74 Å². The number of alkyl carbamates (subject to hydrolysis) is 1. The standard InChI is InChI=1S/C22H30ClN3O2/c1-14-5-8-16-9-12-18(25-20(16)19(14)23)24-17-10-6-15(7-11-17)13-28-21(27)26-22(2,3)4/h5,8-9,12,15,17H,6-7,10-11,13H2,1-4H3,(H,24,25)(H,26,27). The zero-order valence-electron chi connectivity index (χ0n) is 17.1. The summed E-state index contributed by atoms with van der Waals surface area (Å²) in [4.78, 5) is 16.5. The number of carbonyl (C=O) groups is 1. The number of aryl methyl sites for hydroxylation is 1. The van der Waals surface area contributed by atoms with E-state index in [1.807, 2.05) is 45.9 Å². The van der Waals surface area contributed by atoms with Gasteiger partial charge in [0.25, 0.3) is 0 Å². The summed E-state index contributed by atoms with van der Waals surface area (Å²) >= 11 is 6.42. The summed E-state index contributed by atoms with van der Waals surface area (Å²) in [7, 11) is 0. The number of carbonyl (C=O) groups excluding carboxylic acids is 1. The lowest BCUT2D eigenvalue weighted by Crippen LogP contribution is -2.41. The molecule has 1 aliphatic carbocycles. The number of pyridine rings is 1. The van der Waals surface area contributed by atoms with Gasteiger partial charge in [-0.1, -0.05) is 23.7 Å². The van der Waals surface area contributed by atoms with Crippen LogP contribution in [0.2, 0.25) is 5.02 Å². The molecule has 1 fully saturated rings. The van der Waals surface area contributed by atoms with Gasteiger partial charge in [-0.15, -0.1) is 0 Å². The van der Waals surface area contributed by atoms with Gasteiger partial charge in [-0.25, -0.2) is 9.78 Å². The fraction of sp³-hybridized carbons (Fsp3) is 0.545. The van der Waals surface area contributed by atoms with Crippen molar-refractivity contribution in [3.8, 4) is 0 Å². The maximum absolute atomic E-state index is 11.8. The van der Waals surface area contributed by atoms with Crippen LogP contribution in [0.15, 0.2) is 24.3 Å². The van der Waals surface area contributed by atoms with E-state index in [1.54, 1.807) is 0 Å². The van der Waals surface area contributed by atoms with Crippen molar-refractivity contribution in [2.24, 2.45) is 5.92 Å². The van der Waals surface area contributed by atoms with Crippen molar-refractivity contribution in [3.05, 3.63) is 34.9 Å². The highest BCUT2D eigenvalue weighted by atomic mass is 35.5. The van der Waals surface area contributed by atoms with E-state index in [0.717, 1.165) is 53.0 Å². The van der Waals surface area contributed by atoms with E-state index in [1.165, 1.54) is 0 Å². The first-order chi connectivity index (χ1) is 13.2. The Morgan fingerprint density at radius 1 is 1.18 bits per heavy atom. The van der Waals surface area contributed by atoms with Crippen LogP contribution in [-0.4, -0.2) is 29.3 Å². The first-order valence-electron chi connectivity index (χ1n) is 9.98. The molecular formula is C22H30ClN3O2. The van der Waals surface area contributed by atoms with Crippen LogP contribution in [0.3, 0.4) is 0 Å². The molecule has 1 heterocycles. The lowest BCUT2D eigenvalue weighted by Gasteiger charge is -2.29. The van der Waals surface area contributed by atoms with Gasteiger partial charge in [0, 0.05) is 17.0 Å². The molecule has 1 aliphatic rings. The van der Waals surface area contributed by atoms with E-state index >= 15 is 0 Å². The maximum atomic E-state index is 11.8. The normalized spacial score (nSPS) is 20.0. The first-order valence-corrected chi connectivity index (χ1v) is 10.4. The van der Waals surface area contributed by atoms with Crippen molar-refractivity contribution in [2.75, 3.05) is 11.9 Å². The van der Waals surface area contributed by atoms with Crippen LogP contribution in [0.25, 0.3) is 10.9 Å². The number of amides is 1. The van der Waals surface area contributed by atoms with Gasteiger partial charge in [0.1, 0.15) is 5.82 Å². The third kappa shape index (κ3) is 5.51. The second-order valence-corrected chi connectivity index (χ2v) is 9.18. The molecule has 0 aliphatic heterocycles. The van der Waals surface area contributed by atoms with Gasteiger partial charge in [0.2, 0.25) is 0 Å². The molecule has 6 heteroatoms. The zero-order valence-corrected chi connectivity index (χ0v) is 17.9. The quantitative estimate of drug-likeness (QED) is 0.688. The van der Waals surface area contributed by atoms with Crippen LogP contribution < -0.4 is 10.6 Å². The van der Waals surface area contributed by atoms with E-state index in [0.29, 0.717) is 18.6 Å². The smallest absolute Gasteiger partial charge is 0.407 e. The Labute approximate surface area is 172 Å². The van der Waals surface area contributed by atoms with E-state index in [2.05, 4.69) is 16.7 Å². The number of anilines is 1. The Morgan fingerprint density at radius 3 is 2.54 bits per heavy atom. The van der Waals surface area contributed by atoms with Crippen molar-refractivity contribution < 1.29 is 9.53 Å². The molecule has 1 aromatic heterocycles. The summed E-state index contributed by atoms with van der Waals surface area (Å²) in [5, 5.41) is 8.15. The summed E-state index contributed by atoms with van der Waals surface area (Å²) in [6.45, 7) is 8.31. The molecule has 3 rings (SSSR count). The van der Waals surface area contributed by atoms with E-state index in [4.69, 9.17) is 21.3 Å². The second kappa shape index (κ2) is 8.56. The van der Waals surface area contributed by atoms with Gasteiger partial charge >= 0.3 is 6.09 Å². The number of ether oxygens (including phenoxy) is 1. The monoisotopic (exact) mass is 403 g/mol. The molecule has 2 N–H and O–H groups in total. The molecule has 0 saturated heterocycles. The summed E-state index contributed by atoms with van der Waals surface area (Å²) in [5.74, 6) is 1.29. The molecule has 28 heavy (non-hydrogen) atoms. The Morgan fingerprint density at radius 2 is 1.86 bits per heavy atom. The van der Waals surface area contributed by atoms with Gasteiger partial charge in [-0.3, -0.25) is 0 Å². The number of hydrogen-bond acceptors (Lipinski definition) is 4. The minimum Gasteiger partial charge on any atom is -0.449 e. The van der Waals surface area contributed by atoms with Crippen molar-refractivity contribution >= 4 is 34.4 Å². The van der Waals surface area contributed by atoms with Crippen molar-refractivity contribution in [1.82, 2.24) is 10.3 Å². The molecule has 152 valence electrons. The van der Waals surface area contributed by atoms with Gasteiger partial charge in [0.15, 0.2) is 0 Å². The fourth-order valence-electron chi connectivity index (χ4n) is 3.55. The van der Waals surface area contributed by atoms with Crippen LogP contribution in [0.5, 0.6) is 0 Å². The SMILES string of the molecule is Cc1ccc2ccc(NC3CCC(COC(=O)NC(C)(C)C)CC3)nc2c1Cl. The van der Waals surface area contributed by atoms with Crippen LogP contribution in [0.1, 0.15) is 52.0 Å². The Balaban J connectivity index is 1.50. The zero-order chi connectivity index (χ0) is 20.3. The summed E-state index contributed by atoms with van der Waals surface area (Å²) in [6, 6.07) is 8.52. The van der Waals surface area contributed by atoms with Gasteiger partial charge in [-0.2, -0.15) is 0 Å². The molecule has 1 amide bonds. The minimum absolute atomic E-state index is 0.271. The minimum atomic E-state index is -0.333. The molecule has 0 atom stereocenters. The maximum Gasteiger partial charge on any atom is 0.407 e. The van der Waals surface area contributed by atoms with Crippen LogP contribution in [0, 0.1) is 12.8 Å². The molecule has 1 aromatic carbocycles. The third-order valence-electron chi connectivity index (χ3n) is 5.12. The number of halogens is 1. The molecule has 0 unspecified atom stereocenters. The lowest BCUT2D eigenvalue weighted by molar-refractivity contribution is 0.108. The van der Waals surface area contributed by atoms with E-state index in [-0.39, 0.29) is 11.6 Å². The van der Waals surface area contributed by atoms with Crippen LogP contribution in [0.4, 0.5) is 10.6 Å². The van der Waals surface area contributed by atoms with Gasteiger partial charge < -0.3 is 15.4 Å². The fourth-order valence-corrected chi connectivity index (χ4v) is 3.77. The number of fused-ring (bicyclic) bond motifs is 1. The molecule has 1 saturated carbocycles. The summed E-state index contributed by atoms with van der Waals surface area (Å²) in [6.07, 6.45) is 3.81. The molecular weight excluding hydrogens is 374 g/mol. The predicted octanol–water partition coefficient (Wildman–Crippen LogP) is 5.69. The average Bonchev–Trinajstić information content (AvgIpc) is 2.63. The number of aromatic nitrogens is 1. The van der Waals surface area contributed by atoms with Gasteiger partial charge in [-0.05, 0) is 77.0 Å². The Bertz CT molecular complexity index is 840. The number of rotatable bonds is 4. The Kier molecular flexibility index (Phi) is 6.33. The third-order valence-corrected chi connectivity index (χ3v) is 5.60. The molecule has 0 radical (unpaired) electrons. The molecule has 0 bridgehead atoms. The first kappa shape index (κ1) is 20.7. The number of nitrogens with one attached hydrogen (secondary N) is 2. The second-order valence-electron chi connectivity index (χ2n) is 8.80. The molecule has 5 nitrogen and oxygen atoms in total. The highest BCUT2D eigenvalue weighted by molar-refractivity contribution is 6.35. The lowest BCUT2D eigenvalue weighted by atomic mass is 9.86. The predicted molar refractivity (Wildman–Crippen MR) is 115 cm³/mol. The molecule has 0 spiro atoms. The average molecular weight is 404 g/mol. The number of nitrogens with zero attached hydrogens (tertiary/aromatic N) is 1. The van der Waals surface area contributed by atoms with E-state index < -0.39 is 0 Å². The highest BCUT2D eigenvalue weighted by Gasteiger charge is 2.23. The van der Waals surface area contributed by atoms with Crippen LogP contribution >= 0.6 is 11.6 Å². The molecule has 2 aromatic rings. The largest absolute Gasteiger partial charge is 0.449 e. The van der Waals surface area contributed by atoms with Crippen molar-refractivity contribution in [1.29, 1.82) is 0 Å². The highest BCUT2D eigenvalue weighted by Crippen LogP contribution is 2.29. The summed E-state index contributed by atoms with van der Waals surface area (Å²) < 4.78 is 5.39. The Hall–Kier alpha value is -2.01. The topological polar surface area (TPSA) is 63.2 Å². The summed E-state index contributed by atoms with van der Waals surface area (Å²) in [5.41, 5.74) is 1.61. The van der Waals surface area contributed by atoms with E-state index in [9.17, 15) is 4.79 Å². The van der Waals surface area contributed by atoms with Crippen molar-refractivity contribution in [3.63, 3.8) is 0 Å². The number of benzene rings is 1. The van der Waals surface area contributed by atoms with Gasteiger partial charge in [0.05, 0.1) is 17.1 Å². The number of hydrogen-bond donors (Lipinski definition) is 2.